The molecule has 0 aliphatic carbocycles. The lowest BCUT2D eigenvalue weighted by molar-refractivity contribution is 0.466. The molecule has 5 nitrogen and oxygen atoms in total. The van der Waals surface area contributed by atoms with Crippen LogP contribution in [0.4, 0.5) is 4.39 Å². The highest BCUT2D eigenvalue weighted by Gasteiger charge is 2.15. The van der Waals surface area contributed by atoms with Crippen molar-refractivity contribution in [3.8, 4) is 21.3 Å². The fraction of sp³-hybridized carbons (Fsp3) is 0.176. The van der Waals surface area contributed by atoms with Crippen molar-refractivity contribution < 1.29 is 8.81 Å². The van der Waals surface area contributed by atoms with E-state index >= 15 is 0 Å². The van der Waals surface area contributed by atoms with E-state index in [1.165, 1.54) is 35.2 Å². The lowest BCUT2D eigenvalue weighted by Gasteiger charge is -1.95. The molecule has 26 heavy (non-hydrogen) atoms. The molecule has 0 aliphatic rings. The molecule has 0 unspecified atom stereocenters. The van der Waals surface area contributed by atoms with E-state index < -0.39 is 0 Å². The first-order valence-corrected chi connectivity index (χ1v) is 10.4. The molecular weight excluding hydrogens is 391 g/mol. The normalized spacial score (nSPS) is 11.2. The van der Waals surface area contributed by atoms with Crippen LogP contribution in [0.25, 0.3) is 21.3 Å². The SMILES string of the molecule is Cc1nc(C)c(-c2nnc(SCc3csc(-c4ccc(F)cc4)n3)o2)s1. The Morgan fingerprint density at radius 2 is 1.92 bits per heavy atom. The van der Waals surface area contributed by atoms with Gasteiger partial charge in [-0.15, -0.1) is 32.9 Å². The van der Waals surface area contributed by atoms with E-state index in [9.17, 15) is 4.39 Å². The van der Waals surface area contributed by atoms with Crippen LogP contribution < -0.4 is 0 Å². The van der Waals surface area contributed by atoms with E-state index in [0.29, 0.717) is 16.9 Å². The first-order chi connectivity index (χ1) is 12.6. The zero-order chi connectivity index (χ0) is 18.1. The van der Waals surface area contributed by atoms with E-state index in [4.69, 9.17) is 4.42 Å². The second kappa shape index (κ2) is 7.26. The summed E-state index contributed by atoms with van der Waals surface area (Å²) in [5, 5.41) is 12.5. The Labute approximate surface area is 161 Å². The molecule has 4 aromatic rings. The van der Waals surface area contributed by atoms with E-state index in [2.05, 4.69) is 20.2 Å². The Bertz CT molecular complexity index is 1040. The van der Waals surface area contributed by atoms with Gasteiger partial charge >= 0.3 is 0 Å². The Morgan fingerprint density at radius 1 is 1.12 bits per heavy atom. The second-order valence-electron chi connectivity index (χ2n) is 5.46. The summed E-state index contributed by atoms with van der Waals surface area (Å²) in [4.78, 5) is 9.88. The molecule has 3 aromatic heterocycles. The summed E-state index contributed by atoms with van der Waals surface area (Å²) < 4.78 is 18.8. The number of aromatic nitrogens is 4. The minimum Gasteiger partial charge on any atom is -0.410 e. The van der Waals surface area contributed by atoms with Crippen molar-refractivity contribution >= 4 is 34.4 Å². The monoisotopic (exact) mass is 404 g/mol. The van der Waals surface area contributed by atoms with E-state index in [-0.39, 0.29) is 5.82 Å². The van der Waals surface area contributed by atoms with Gasteiger partial charge in [-0.1, -0.05) is 11.8 Å². The van der Waals surface area contributed by atoms with Gasteiger partial charge in [0, 0.05) is 16.7 Å². The number of thioether (sulfide) groups is 1. The zero-order valence-electron chi connectivity index (χ0n) is 13.9. The third-order valence-corrected chi connectivity index (χ3v) is 6.34. The molecule has 3 heterocycles. The number of hydrogen-bond acceptors (Lipinski definition) is 8. The standard InChI is InChI=1S/C17H13FN4OS3/c1-9-14(26-10(2)19-9)15-21-22-17(23-15)25-8-13-7-24-16(20-13)11-3-5-12(18)6-4-11/h3-7H,8H2,1-2H3. The van der Waals surface area contributed by atoms with Crippen LogP contribution in [0.2, 0.25) is 0 Å². The van der Waals surface area contributed by atoms with Crippen molar-refractivity contribution in [2.24, 2.45) is 0 Å². The first-order valence-electron chi connectivity index (χ1n) is 7.69. The van der Waals surface area contributed by atoms with E-state index in [1.807, 2.05) is 19.2 Å². The predicted molar refractivity (Wildman–Crippen MR) is 102 cm³/mol. The highest BCUT2D eigenvalue weighted by molar-refractivity contribution is 7.98. The summed E-state index contributed by atoms with van der Waals surface area (Å²) in [6.45, 7) is 3.89. The summed E-state index contributed by atoms with van der Waals surface area (Å²) in [5.41, 5.74) is 2.73. The van der Waals surface area contributed by atoms with Crippen LogP contribution in [0.5, 0.6) is 0 Å². The minimum atomic E-state index is -0.250. The van der Waals surface area contributed by atoms with Gasteiger partial charge < -0.3 is 4.42 Å². The maximum Gasteiger partial charge on any atom is 0.277 e. The van der Waals surface area contributed by atoms with Crippen molar-refractivity contribution in [1.29, 1.82) is 0 Å². The van der Waals surface area contributed by atoms with Gasteiger partial charge in [0.2, 0.25) is 0 Å². The summed E-state index contributed by atoms with van der Waals surface area (Å²) in [5.74, 6) is 0.876. The molecule has 0 amide bonds. The smallest absolute Gasteiger partial charge is 0.277 e. The van der Waals surface area contributed by atoms with Crippen LogP contribution in [0, 0.1) is 19.7 Å². The lowest BCUT2D eigenvalue weighted by atomic mass is 10.2. The van der Waals surface area contributed by atoms with Gasteiger partial charge in [-0.2, -0.15) is 0 Å². The van der Waals surface area contributed by atoms with Crippen molar-refractivity contribution in [2.45, 2.75) is 24.8 Å². The van der Waals surface area contributed by atoms with Gasteiger partial charge in [0.1, 0.15) is 15.7 Å². The fourth-order valence-electron chi connectivity index (χ4n) is 2.32. The third-order valence-electron chi connectivity index (χ3n) is 3.49. The van der Waals surface area contributed by atoms with Gasteiger partial charge in [0.05, 0.1) is 16.4 Å². The molecule has 0 atom stereocenters. The van der Waals surface area contributed by atoms with Crippen LogP contribution in [0.15, 0.2) is 39.3 Å². The number of halogens is 1. The molecule has 4 rings (SSSR count). The fourth-order valence-corrected chi connectivity index (χ4v) is 4.75. The van der Waals surface area contributed by atoms with Crippen molar-refractivity contribution in [2.75, 3.05) is 0 Å². The molecule has 132 valence electrons. The molecule has 0 bridgehead atoms. The first kappa shape index (κ1) is 17.3. The van der Waals surface area contributed by atoms with Crippen molar-refractivity contribution in [1.82, 2.24) is 20.2 Å². The summed E-state index contributed by atoms with van der Waals surface area (Å²) >= 11 is 4.51. The maximum atomic E-state index is 13.0. The van der Waals surface area contributed by atoms with Gasteiger partial charge in [-0.25, -0.2) is 14.4 Å². The molecular formula is C17H13FN4OS3. The van der Waals surface area contributed by atoms with Crippen LogP contribution in [0.1, 0.15) is 16.4 Å². The van der Waals surface area contributed by atoms with Gasteiger partial charge in [-0.3, -0.25) is 0 Å². The third kappa shape index (κ3) is 3.69. The molecule has 0 fully saturated rings. The molecule has 0 saturated heterocycles. The zero-order valence-corrected chi connectivity index (χ0v) is 16.3. The molecule has 0 aliphatic heterocycles. The van der Waals surface area contributed by atoms with Crippen LogP contribution in [-0.2, 0) is 5.75 Å². The molecule has 0 saturated carbocycles. The highest BCUT2D eigenvalue weighted by atomic mass is 32.2. The molecule has 0 N–H and O–H groups in total. The van der Waals surface area contributed by atoms with Gasteiger partial charge in [0.15, 0.2) is 0 Å². The van der Waals surface area contributed by atoms with Gasteiger partial charge in [-0.05, 0) is 38.1 Å². The predicted octanol–water partition coefficient (Wildman–Crippen LogP) is 5.36. The number of aryl methyl sites for hydroxylation is 2. The Morgan fingerprint density at radius 3 is 2.65 bits per heavy atom. The summed E-state index contributed by atoms with van der Waals surface area (Å²) in [7, 11) is 0. The number of rotatable bonds is 5. The second-order valence-corrected chi connectivity index (χ2v) is 8.45. The summed E-state index contributed by atoms with van der Waals surface area (Å²) in [6, 6.07) is 6.34. The number of thiazole rings is 2. The molecule has 1 aromatic carbocycles. The number of hydrogen-bond donors (Lipinski definition) is 0. The topological polar surface area (TPSA) is 64.7 Å². The average Bonchev–Trinajstić information content (AvgIpc) is 3.33. The number of nitrogens with zero attached hydrogens (tertiary/aromatic N) is 4. The summed E-state index contributed by atoms with van der Waals surface area (Å²) in [6.07, 6.45) is 0. The Hall–Kier alpha value is -2.10. The number of benzene rings is 1. The van der Waals surface area contributed by atoms with Crippen LogP contribution in [0.3, 0.4) is 0 Å². The van der Waals surface area contributed by atoms with Crippen LogP contribution in [-0.4, -0.2) is 20.2 Å². The highest BCUT2D eigenvalue weighted by Crippen LogP contribution is 2.32. The average molecular weight is 405 g/mol. The Balaban J connectivity index is 1.43. The van der Waals surface area contributed by atoms with Crippen LogP contribution >= 0.6 is 34.4 Å². The largest absolute Gasteiger partial charge is 0.410 e. The Kier molecular flexibility index (Phi) is 4.84. The maximum absolute atomic E-state index is 13.0. The lowest BCUT2D eigenvalue weighted by Crippen LogP contribution is -1.82. The quantitative estimate of drug-likeness (QED) is 0.417. The van der Waals surface area contributed by atoms with Crippen molar-refractivity contribution in [3.63, 3.8) is 0 Å². The molecule has 9 heteroatoms. The molecule has 0 radical (unpaired) electrons. The minimum absolute atomic E-state index is 0.250. The molecule has 0 spiro atoms. The van der Waals surface area contributed by atoms with E-state index in [1.54, 1.807) is 23.5 Å². The van der Waals surface area contributed by atoms with Gasteiger partial charge in [0.25, 0.3) is 11.1 Å². The van der Waals surface area contributed by atoms with Crippen molar-refractivity contribution in [3.05, 3.63) is 51.9 Å². The van der Waals surface area contributed by atoms with E-state index in [0.717, 1.165) is 31.8 Å².